The second-order valence-corrected chi connectivity index (χ2v) is 7.39. The lowest BCUT2D eigenvalue weighted by molar-refractivity contribution is -0.123. The molecule has 0 aliphatic carbocycles. The molecule has 2 heterocycles. The fraction of sp³-hybridized carbons (Fsp3) is 0.500. The SMILES string of the molecule is CCN(CC(=O)NC(C)(C)C)C(=O)c1ccc2c(=O)n(C)c(=O)n(C)c2n1. The van der Waals surface area contributed by atoms with Gasteiger partial charge in [-0.3, -0.25) is 23.5 Å². The average molecular weight is 375 g/mol. The van der Waals surface area contributed by atoms with Gasteiger partial charge in [0, 0.05) is 26.2 Å². The van der Waals surface area contributed by atoms with Crippen LogP contribution in [0.4, 0.5) is 0 Å². The second kappa shape index (κ2) is 7.34. The fourth-order valence-electron chi connectivity index (χ4n) is 2.69. The molecule has 0 spiro atoms. The van der Waals surface area contributed by atoms with Gasteiger partial charge in [0.15, 0.2) is 0 Å². The molecule has 2 amide bonds. The quantitative estimate of drug-likeness (QED) is 0.810. The van der Waals surface area contributed by atoms with Gasteiger partial charge in [-0.25, -0.2) is 9.78 Å². The van der Waals surface area contributed by atoms with Crippen LogP contribution < -0.4 is 16.6 Å². The number of fused-ring (bicyclic) bond motifs is 1. The summed E-state index contributed by atoms with van der Waals surface area (Å²) in [5.41, 5.74) is -1.21. The molecule has 0 unspecified atom stereocenters. The minimum absolute atomic E-state index is 0.0659. The van der Waals surface area contributed by atoms with Crippen molar-refractivity contribution in [3.8, 4) is 0 Å². The van der Waals surface area contributed by atoms with Gasteiger partial charge in [-0.1, -0.05) is 0 Å². The highest BCUT2D eigenvalue weighted by molar-refractivity contribution is 5.96. The molecule has 27 heavy (non-hydrogen) atoms. The smallest absolute Gasteiger partial charge is 0.332 e. The third kappa shape index (κ3) is 4.24. The maximum absolute atomic E-state index is 12.8. The summed E-state index contributed by atoms with van der Waals surface area (Å²) < 4.78 is 2.21. The maximum Gasteiger partial charge on any atom is 0.332 e. The Morgan fingerprint density at radius 2 is 1.78 bits per heavy atom. The van der Waals surface area contributed by atoms with E-state index in [0.717, 1.165) is 4.57 Å². The molecule has 2 aromatic heterocycles. The molecule has 0 atom stereocenters. The molecule has 0 aromatic carbocycles. The first-order valence-corrected chi connectivity index (χ1v) is 8.63. The topological polar surface area (TPSA) is 106 Å². The number of carbonyl (C=O) groups excluding carboxylic acids is 2. The van der Waals surface area contributed by atoms with Crippen LogP contribution in [0.15, 0.2) is 21.7 Å². The molecule has 0 radical (unpaired) electrons. The van der Waals surface area contributed by atoms with Crippen LogP contribution in [0.1, 0.15) is 38.2 Å². The molecule has 9 heteroatoms. The third-order valence-electron chi connectivity index (χ3n) is 4.04. The number of aromatic nitrogens is 3. The third-order valence-corrected chi connectivity index (χ3v) is 4.04. The van der Waals surface area contributed by atoms with Crippen molar-refractivity contribution in [2.24, 2.45) is 14.1 Å². The van der Waals surface area contributed by atoms with Crippen LogP contribution in [0, 0.1) is 0 Å². The predicted octanol–water partition coefficient (Wildman–Crippen LogP) is 0.00900. The minimum Gasteiger partial charge on any atom is -0.350 e. The van der Waals surface area contributed by atoms with E-state index in [1.165, 1.54) is 35.7 Å². The highest BCUT2D eigenvalue weighted by Crippen LogP contribution is 2.09. The Hall–Kier alpha value is -2.97. The lowest BCUT2D eigenvalue weighted by atomic mass is 10.1. The first-order valence-electron chi connectivity index (χ1n) is 8.63. The summed E-state index contributed by atoms with van der Waals surface area (Å²) in [4.78, 5) is 54.8. The summed E-state index contributed by atoms with van der Waals surface area (Å²) in [6.07, 6.45) is 0. The number of hydrogen-bond donors (Lipinski definition) is 1. The number of likely N-dealkylation sites (N-methyl/N-ethyl adjacent to an activating group) is 1. The van der Waals surface area contributed by atoms with Gasteiger partial charge in [0.1, 0.15) is 11.3 Å². The summed E-state index contributed by atoms with van der Waals surface area (Å²) in [5.74, 6) is -0.726. The lowest BCUT2D eigenvalue weighted by Crippen LogP contribution is -2.47. The van der Waals surface area contributed by atoms with Crippen LogP contribution in [0.3, 0.4) is 0 Å². The van der Waals surface area contributed by atoms with E-state index >= 15 is 0 Å². The first-order chi connectivity index (χ1) is 12.5. The number of nitrogens with zero attached hydrogens (tertiary/aromatic N) is 4. The molecule has 0 saturated heterocycles. The van der Waals surface area contributed by atoms with E-state index in [0.29, 0.717) is 6.54 Å². The standard InChI is InChI=1S/C18H25N5O4/c1-7-23(10-13(24)20-18(2,3)4)16(26)12-9-8-11-14(19-12)21(5)17(27)22(6)15(11)25/h8-9H,7,10H2,1-6H3,(H,20,24). The van der Waals surface area contributed by atoms with Crippen LogP contribution in [-0.4, -0.2) is 49.5 Å². The van der Waals surface area contributed by atoms with E-state index in [9.17, 15) is 19.2 Å². The second-order valence-electron chi connectivity index (χ2n) is 7.39. The van der Waals surface area contributed by atoms with E-state index in [2.05, 4.69) is 10.3 Å². The molecule has 9 nitrogen and oxygen atoms in total. The zero-order valence-electron chi connectivity index (χ0n) is 16.5. The van der Waals surface area contributed by atoms with Crippen LogP contribution in [0.2, 0.25) is 0 Å². The van der Waals surface area contributed by atoms with Gasteiger partial charge < -0.3 is 10.2 Å². The van der Waals surface area contributed by atoms with Crippen molar-refractivity contribution in [1.29, 1.82) is 0 Å². The molecule has 0 fully saturated rings. The molecule has 2 rings (SSSR count). The van der Waals surface area contributed by atoms with Gasteiger partial charge >= 0.3 is 5.69 Å². The van der Waals surface area contributed by atoms with Crippen LogP contribution in [0.25, 0.3) is 11.0 Å². The molecule has 1 N–H and O–H groups in total. The van der Waals surface area contributed by atoms with Gasteiger partial charge in [-0.2, -0.15) is 0 Å². The number of hydrogen-bond acceptors (Lipinski definition) is 5. The number of carbonyl (C=O) groups is 2. The van der Waals surface area contributed by atoms with Crippen LogP contribution in [-0.2, 0) is 18.9 Å². The first kappa shape index (κ1) is 20.3. The fourth-order valence-corrected chi connectivity index (χ4v) is 2.69. The Morgan fingerprint density at radius 1 is 1.15 bits per heavy atom. The van der Waals surface area contributed by atoms with Gasteiger partial charge in [-0.15, -0.1) is 0 Å². The molecule has 146 valence electrons. The molecule has 0 bridgehead atoms. The van der Waals surface area contributed by atoms with Crippen LogP contribution >= 0.6 is 0 Å². The largest absolute Gasteiger partial charge is 0.350 e. The summed E-state index contributed by atoms with van der Waals surface area (Å²) in [7, 11) is 2.87. The average Bonchev–Trinajstić information content (AvgIpc) is 2.60. The molecular formula is C18H25N5O4. The summed E-state index contributed by atoms with van der Waals surface area (Å²) in [6.45, 7) is 7.53. The van der Waals surface area contributed by atoms with Gasteiger partial charge in [0.25, 0.3) is 11.5 Å². The zero-order chi connectivity index (χ0) is 20.5. The highest BCUT2D eigenvalue weighted by atomic mass is 16.2. The molecule has 0 aliphatic rings. The van der Waals surface area contributed by atoms with Crippen molar-refractivity contribution in [2.45, 2.75) is 33.2 Å². The Balaban J connectivity index is 2.40. The van der Waals surface area contributed by atoms with E-state index < -0.39 is 22.7 Å². The number of nitrogens with one attached hydrogen (secondary N) is 1. The predicted molar refractivity (Wildman–Crippen MR) is 102 cm³/mol. The Morgan fingerprint density at radius 3 is 2.33 bits per heavy atom. The molecule has 0 saturated carbocycles. The molecule has 0 aliphatic heterocycles. The van der Waals surface area contributed by atoms with E-state index in [-0.39, 0.29) is 29.2 Å². The summed E-state index contributed by atoms with van der Waals surface area (Å²) >= 11 is 0. The Bertz CT molecular complexity index is 1010. The highest BCUT2D eigenvalue weighted by Gasteiger charge is 2.22. The number of rotatable bonds is 4. The van der Waals surface area contributed by atoms with Crippen molar-refractivity contribution in [1.82, 2.24) is 24.3 Å². The summed E-state index contributed by atoms with van der Waals surface area (Å²) in [5, 5.41) is 3.05. The van der Waals surface area contributed by atoms with E-state index in [1.807, 2.05) is 20.8 Å². The number of pyridine rings is 1. The van der Waals surface area contributed by atoms with Crippen LogP contribution in [0.5, 0.6) is 0 Å². The van der Waals surface area contributed by atoms with Gasteiger partial charge in [0.2, 0.25) is 5.91 Å². The maximum atomic E-state index is 12.8. The van der Waals surface area contributed by atoms with E-state index in [4.69, 9.17) is 0 Å². The summed E-state index contributed by atoms with van der Waals surface area (Å²) in [6, 6.07) is 2.90. The Labute approximate surface area is 156 Å². The minimum atomic E-state index is -0.526. The number of amides is 2. The number of aryl methyl sites for hydroxylation is 1. The molecular weight excluding hydrogens is 350 g/mol. The molecule has 2 aromatic rings. The van der Waals surface area contributed by atoms with Crippen molar-refractivity contribution >= 4 is 22.8 Å². The Kier molecular flexibility index (Phi) is 5.53. The lowest BCUT2D eigenvalue weighted by Gasteiger charge is -2.25. The zero-order valence-corrected chi connectivity index (χ0v) is 16.5. The monoisotopic (exact) mass is 375 g/mol. The van der Waals surface area contributed by atoms with Crippen molar-refractivity contribution < 1.29 is 9.59 Å². The van der Waals surface area contributed by atoms with Crippen molar-refractivity contribution in [3.63, 3.8) is 0 Å². The van der Waals surface area contributed by atoms with Crippen molar-refractivity contribution in [3.05, 3.63) is 38.7 Å². The van der Waals surface area contributed by atoms with Gasteiger partial charge in [-0.05, 0) is 39.8 Å². The normalized spacial score (nSPS) is 11.5. The van der Waals surface area contributed by atoms with Gasteiger partial charge in [0.05, 0.1) is 11.9 Å². The van der Waals surface area contributed by atoms with E-state index in [1.54, 1.807) is 6.92 Å². The van der Waals surface area contributed by atoms with Crippen molar-refractivity contribution in [2.75, 3.05) is 13.1 Å².